The fourth-order valence-corrected chi connectivity index (χ4v) is 14.9. The number of nitrogens with zero attached hydrogens (tertiary/aromatic N) is 3. The van der Waals surface area contributed by atoms with Gasteiger partial charge in [0.05, 0.1) is 38.4 Å². The Labute approximate surface area is 537 Å². The number of nitrogens with one attached hydrogen (secondary N) is 2. The molecule has 5 aliphatic rings. The van der Waals surface area contributed by atoms with Crippen molar-refractivity contribution in [3.8, 4) is 33.9 Å². The van der Waals surface area contributed by atoms with Crippen LogP contribution in [0.2, 0.25) is 0 Å². The number of hydrogen-bond acceptors (Lipinski definition) is 12. The zero-order valence-electron chi connectivity index (χ0n) is 52.3. The third kappa shape index (κ3) is 13.4. The number of unbranched alkanes of at least 4 members (excludes halogenated alkanes) is 1. The van der Waals surface area contributed by atoms with Gasteiger partial charge in [-0.05, 0) is 116 Å². The van der Waals surface area contributed by atoms with E-state index in [-0.39, 0.29) is 61.5 Å². The molecule has 92 heavy (non-hydrogen) atoms. The second kappa shape index (κ2) is 28.6. The number of anilines is 2. The Hall–Kier alpha value is -9.13. The minimum absolute atomic E-state index is 0.0111. The lowest BCUT2D eigenvalue weighted by Gasteiger charge is -2.37. The fraction of sp³-hybridized carbons (Fsp3) is 0.307. The van der Waals surface area contributed by atoms with Crippen molar-refractivity contribution in [1.29, 1.82) is 0 Å². The van der Waals surface area contributed by atoms with Crippen molar-refractivity contribution in [3.63, 3.8) is 0 Å². The maximum atomic E-state index is 15.2. The Morgan fingerprint density at radius 1 is 0.674 bits per heavy atom. The summed E-state index contributed by atoms with van der Waals surface area (Å²) in [5, 5.41) is 7.61. The number of amides is 2. The van der Waals surface area contributed by atoms with Gasteiger partial charge in [0.1, 0.15) is 41.7 Å². The summed E-state index contributed by atoms with van der Waals surface area (Å²) in [6.45, 7) is 4.17. The number of likely N-dealkylation sites (N-methyl/N-ethyl adjacent to an activating group) is 1. The number of ether oxygens (including phenoxy) is 5. The van der Waals surface area contributed by atoms with Crippen LogP contribution in [-0.4, -0.2) is 110 Å². The molecule has 7 aromatic carbocycles. The lowest BCUT2D eigenvalue weighted by Crippen LogP contribution is -2.43. The number of para-hydroxylation sites is 2. The van der Waals surface area contributed by atoms with Gasteiger partial charge >= 0.3 is 5.97 Å². The van der Waals surface area contributed by atoms with E-state index in [1.54, 1.807) is 33.3 Å². The molecule has 2 N–H and O–H groups in total. The standard InChI is InChI=1S/C75H77N5O11S/c1-4-76-71(81)50-88-51-72(82)89-48-52(49-90-75(56-19-6-5-7-20-56,57-25-31-61(86-2)32-26-57)58-27-33-62(87-3)34-28-58)16-14-15-41-77-74(83)55-37-42-78(43-38-55)92(84,85)70-24-13-10-21-65(70)73-63-35-29-59(79-44-39-53-17-8-11-22-66(53)79)46-68(63)91-69-47-60(30-36-64(69)73)80-45-40-54-18-9-12-23-67(54)80/h5-13,17-36,46-47,52,55H,4,14-16,37-45,48-51H2,1-3H3,(H-,76,77,81,83)/p+1. The second-order valence-electron chi connectivity index (χ2n) is 23.7. The van der Waals surface area contributed by atoms with E-state index in [1.807, 2.05) is 91.0 Å². The zero-order chi connectivity index (χ0) is 63.6. The second-order valence-corrected chi connectivity index (χ2v) is 25.6. The van der Waals surface area contributed by atoms with Gasteiger partial charge in [0.2, 0.25) is 32.9 Å². The maximum absolute atomic E-state index is 15.2. The number of hydrogen-bond donors (Lipinski definition) is 2. The summed E-state index contributed by atoms with van der Waals surface area (Å²) in [6.07, 6.45) is 4.43. The van der Waals surface area contributed by atoms with Gasteiger partial charge in [-0.3, -0.25) is 9.59 Å². The van der Waals surface area contributed by atoms with Crippen LogP contribution in [0.25, 0.3) is 33.4 Å². The summed E-state index contributed by atoms with van der Waals surface area (Å²) in [7, 11) is -0.831. The molecule has 1 saturated heterocycles. The molecule has 4 heterocycles. The molecule has 1 unspecified atom stereocenters. The molecular weight excluding hydrogens is 1180 g/mol. The van der Waals surface area contributed by atoms with Crippen molar-refractivity contribution in [1.82, 2.24) is 19.5 Å². The predicted octanol–water partition coefficient (Wildman–Crippen LogP) is 11.6. The number of fused-ring (bicyclic) bond motifs is 4. The third-order valence-electron chi connectivity index (χ3n) is 18.0. The van der Waals surface area contributed by atoms with Gasteiger partial charge in [0.15, 0.2) is 6.54 Å². The van der Waals surface area contributed by atoms with Crippen molar-refractivity contribution in [2.75, 3.05) is 84.8 Å². The molecule has 16 nitrogen and oxygen atoms in total. The topological polar surface area (TPSA) is 178 Å². The first-order chi connectivity index (χ1) is 44.9. The number of sulfonamides is 1. The first-order valence-electron chi connectivity index (χ1n) is 31.9. The minimum atomic E-state index is -4.08. The highest BCUT2D eigenvalue weighted by Crippen LogP contribution is 2.46. The fourth-order valence-electron chi connectivity index (χ4n) is 13.3. The normalized spacial score (nSPS) is 15.2. The summed E-state index contributed by atoms with van der Waals surface area (Å²) in [5.41, 5.74) is 10.2. The molecule has 0 aromatic heterocycles. The van der Waals surface area contributed by atoms with Crippen LogP contribution >= 0.6 is 0 Å². The van der Waals surface area contributed by atoms with Gasteiger partial charge in [0.25, 0.3) is 0 Å². The van der Waals surface area contributed by atoms with Crippen molar-refractivity contribution >= 4 is 55.8 Å². The molecule has 4 aliphatic heterocycles. The summed E-state index contributed by atoms with van der Waals surface area (Å²) >= 11 is 0. The van der Waals surface area contributed by atoms with Crippen molar-refractivity contribution in [2.24, 2.45) is 11.8 Å². The van der Waals surface area contributed by atoms with Crippen LogP contribution in [0.1, 0.15) is 66.8 Å². The Kier molecular flexibility index (Phi) is 19.6. The molecule has 0 bridgehead atoms. The van der Waals surface area contributed by atoms with E-state index in [9.17, 15) is 14.4 Å². The van der Waals surface area contributed by atoms with E-state index in [1.165, 1.54) is 26.8 Å². The first kappa shape index (κ1) is 63.0. The average Bonchev–Trinajstić information content (AvgIpc) is 0.791. The Balaban J connectivity index is 0.737. The van der Waals surface area contributed by atoms with Gasteiger partial charge in [-0.25, -0.2) is 13.2 Å². The molecule has 0 radical (unpaired) electrons. The molecule has 1 atom stereocenters. The van der Waals surface area contributed by atoms with Crippen molar-refractivity contribution < 1.29 is 50.9 Å². The Bertz CT molecular complexity index is 4200. The molecule has 1 aliphatic carbocycles. The number of carbonyl (C=O) groups is 3. The summed E-state index contributed by atoms with van der Waals surface area (Å²) in [4.78, 5) is 41.6. The number of esters is 1. The zero-order valence-corrected chi connectivity index (χ0v) is 53.1. The van der Waals surface area contributed by atoms with Crippen LogP contribution in [0.4, 0.5) is 17.1 Å². The molecule has 0 saturated carbocycles. The number of rotatable bonds is 25. The molecule has 17 heteroatoms. The highest BCUT2D eigenvalue weighted by molar-refractivity contribution is 7.89. The number of methoxy groups -OCH3 is 2. The van der Waals surface area contributed by atoms with E-state index in [2.05, 4.69) is 105 Å². The van der Waals surface area contributed by atoms with Crippen LogP contribution in [-0.2, 0) is 57.1 Å². The molecule has 474 valence electrons. The lowest BCUT2D eigenvalue weighted by molar-refractivity contribution is -0.152. The van der Waals surface area contributed by atoms with Gasteiger partial charge in [-0.2, -0.15) is 8.88 Å². The van der Waals surface area contributed by atoms with Crippen molar-refractivity contribution in [2.45, 2.75) is 62.4 Å². The number of benzene rings is 8. The van der Waals surface area contributed by atoms with E-state index in [0.717, 1.165) is 70.2 Å². The number of carbonyl (C=O) groups excluding carboxylic acids is 3. The largest absolute Gasteiger partial charge is 0.497 e. The summed E-state index contributed by atoms with van der Waals surface area (Å²) in [6, 6.07) is 62.2. The van der Waals surface area contributed by atoms with Crippen LogP contribution in [0, 0.1) is 11.8 Å². The van der Waals surface area contributed by atoms with Crippen LogP contribution < -0.4 is 34.9 Å². The quantitative estimate of drug-likeness (QED) is 0.0182. The molecule has 7 aromatic rings. The molecule has 0 spiro atoms. The first-order valence-corrected chi connectivity index (χ1v) is 33.3. The average molecular weight is 1260 g/mol. The maximum Gasteiger partial charge on any atom is 0.332 e. The monoisotopic (exact) mass is 1260 g/mol. The lowest BCUT2D eigenvalue weighted by atomic mass is 9.79. The summed E-state index contributed by atoms with van der Waals surface area (Å²) < 4.78 is 70.7. The van der Waals surface area contributed by atoms with E-state index in [4.69, 9.17) is 28.1 Å². The highest BCUT2D eigenvalue weighted by atomic mass is 32.2. The van der Waals surface area contributed by atoms with Crippen LogP contribution in [0.3, 0.4) is 0 Å². The van der Waals surface area contributed by atoms with E-state index in [0.29, 0.717) is 73.6 Å². The van der Waals surface area contributed by atoms with Gasteiger partial charge in [-0.1, -0.05) is 116 Å². The molecule has 12 rings (SSSR count). The SMILES string of the molecule is CCNC(=O)COCC(=O)OCC(CCCCNC(=O)C1CCN(S(=O)(=O)c2ccccc2-c2c3cc/c(=[N+]4/CCc5ccccc54)cc-3oc3cc(N4CCc5ccccc54)ccc23)CC1)COC(c1ccccc1)(c1ccc(OC)cc1)c1ccc(OC)cc1. The number of piperidine rings is 1. The molecular formula is C75H78N5O11S+. The Morgan fingerprint density at radius 3 is 2.10 bits per heavy atom. The third-order valence-corrected chi connectivity index (χ3v) is 20.0. The van der Waals surface area contributed by atoms with Crippen LogP contribution in [0.5, 0.6) is 11.5 Å². The van der Waals surface area contributed by atoms with Gasteiger partial charge < -0.3 is 43.6 Å². The van der Waals surface area contributed by atoms with Crippen LogP contribution in [0.15, 0.2) is 197 Å². The predicted molar refractivity (Wildman–Crippen MR) is 356 cm³/mol. The smallest absolute Gasteiger partial charge is 0.332 e. The molecule has 2 amide bonds. The minimum Gasteiger partial charge on any atom is -0.497 e. The summed E-state index contributed by atoms with van der Waals surface area (Å²) in [5.74, 6) is 0.286. The van der Waals surface area contributed by atoms with Gasteiger partial charge in [-0.15, -0.1) is 0 Å². The Morgan fingerprint density at radius 2 is 1.36 bits per heavy atom. The van der Waals surface area contributed by atoms with Gasteiger partial charge in [0, 0.05) is 108 Å². The molecule has 1 fully saturated rings. The van der Waals surface area contributed by atoms with Crippen molar-refractivity contribution in [3.05, 3.63) is 221 Å². The highest BCUT2D eigenvalue weighted by Gasteiger charge is 2.40. The van der Waals surface area contributed by atoms with E-state index < -0.39 is 28.2 Å². The van der Waals surface area contributed by atoms with E-state index >= 15 is 8.42 Å².